The van der Waals surface area contributed by atoms with Gasteiger partial charge >= 0.3 is 0 Å². The summed E-state index contributed by atoms with van der Waals surface area (Å²) in [5.41, 5.74) is 2.15. The van der Waals surface area contributed by atoms with Crippen molar-refractivity contribution in [3.8, 4) is 0 Å². The number of carbonyl (C=O) groups excluding carboxylic acids is 1. The third-order valence-electron chi connectivity index (χ3n) is 3.77. The van der Waals surface area contributed by atoms with Crippen molar-refractivity contribution in [2.75, 3.05) is 5.32 Å². The summed E-state index contributed by atoms with van der Waals surface area (Å²) in [5, 5.41) is 3.85. The Morgan fingerprint density at radius 1 is 1.23 bits per heavy atom. The van der Waals surface area contributed by atoms with Gasteiger partial charge in [-0.3, -0.25) is 9.59 Å². The molecule has 0 aliphatic rings. The van der Waals surface area contributed by atoms with E-state index in [9.17, 15) is 9.59 Å². The zero-order valence-corrected chi connectivity index (χ0v) is 12.5. The maximum Gasteiger partial charge on any atom is 0.248 e. The van der Waals surface area contributed by atoms with Gasteiger partial charge in [0.2, 0.25) is 11.5 Å². The van der Waals surface area contributed by atoms with Crippen LogP contribution in [0.5, 0.6) is 0 Å². The summed E-state index contributed by atoms with van der Waals surface area (Å²) in [6, 6.07) is 10.5. The average Bonchev–Trinajstić information content (AvgIpc) is 2.99. The minimum atomic E-state index is -0.303. The predicted molar refractivity (Wildman–Crippen MR) is 87.1 cm³/mol. The summed E-state index contributed by atoms with van der Waals surface area (Å²) in [4.78, 5) is 26.6. The second-order valence-corrected chi connectivity index (χ2v) is 5.37. The largest absolute Gasteiger partial charge is 0.342 e. The number of fused-ring (bicyclic) bond motifs is 1. The first-order chi connectivity index (χ1) is 10.5. The van der Waals surface area contributed by atoms with E-state index in [2.05, 4.69) is 10.3 Å². The SMILES string of the molecule is Cc1cc(=O)[nH]c2cc(NC(=O)[C@H](C)n3cccc3)ccc12. The number of anilines is 1. The van der Waals surface area contributed by atoms with E-state index in [1.54, 1.807) is 12.1 Å². The highest BCUT2D eigenvalue weighted by molar-refractivity contribution is 5.96. The summed E-state index contributed by atoms with van der Waals surface area (Å²) >= 11 is 0. The number of rotatable bonds is 3. The van der Waals surface area contributed by atoms with Gasteiger partial charge in [-0.25, -0.2) is 0 Å². The monoisotopic (exact) mass is 295 g/mol. The first-order valence-corrected chi connectivity index (χ1v) is 7.11. The van der Waals surface area contributed by atoms with Crippen LogP contribution in [-0.4, -0.2) is 15.5 Å². The highest BCUT2D eigenvalue weighted by Gasteiger charge is 2.14. The lowest BCUT2D eigenvalue weighted by Crippen LogP contribution is -2.22. The van der Waals surface area contributed by atoms with E-state index in [0.717, 1.165) is 16.5 Å². The first kappa shape index (κ1) is 14.1. The Morgan fingerprint density at radius 3 is 2.68 bits per heavy atom. The molecule has 0 aliphatic carbocycles. The van der Waals surface area contributed by atoms with E-state index in [0.29, 0.717) is 5.69 Å². The normalized spacial score (nSPS) is 12.3. The molecule has 0 aliphatic heterocycles. The Kier molecular flexibility index (Phi) is 3.55. The van der Waals surface area contributed by atoms with Gasteiger partial charge in [0.15, 0.2) is 0 Å². The fourth-order valence-corrected chi connectivity index (χ4v) is 2.50. The molecule has 3 rings (SSSR count). The van der Waals surface area contributed by atoms with Crippen molar-refractivity contribution < 1.29 is 4.79 Å². The Bertz CT molecular complexity index is 879. The summed E-state index contributed by atoms with van der Waals surface area (Å²) in [6.45, 7) is 3.73. The molecule has 0 saturated heterocycles. The van der Waals surface area contributed by atoms with Crippen molar-refractivity contribution in [2.45, 2.75) is 19.9 Å². The highest BCUT2D eigenvalue weighted by Crippen LogP contribution is 2.20. The number of amides is 1. The third-order valence-corrected chi connectivity index (χ3v) is 3.77. The molecular formula is C17H17N3O2. The number of aromatic amines is 1. The van der Waals surface area contributed by atoms with Gasteiger partial charge in [-0.05, 0) is 43.7 Å². The average molecular weight is 295 g/mol. The van der Waals surface area contributed by atoms with E-state index in [-0.39, 0.29) is 17.5 Å². The van der Waals surface area contributed by atoms with Crippen LogP contribution in [-0.2, 0) is 4.79 Å². The molecule has 3 aromatic rings. The second-order valence-electron chi connectivity index (χ2n) is 5.37. The van der Waals surface area contributed by atoms with E-state index in [1.165, 1.54) is 0 Å². The van der Waals surface area contributed by atoms with Crippen LogP contribution in [0.3, 0.4) is 0 Å². The summed E-state index contributed by atoms with van der Waals surface area (Å²) < 4.78 is 1.84. The maximum atomic E-state index is 12.3. The van der Waals surface area contributed by atoms with Gasteiger partial charge in [0.1, 0.15) is 6.04 Å². The summed E-state index contributed by atoms with van der Waals surface area (Å²) in [6.07, 6.45) is 3.71. The molecule has 22 heavy (non-hydrogen) atoms. The molecule has 0 saturated carbocycles. The molecule has 0 unspecified atom stereocenters. The van der Waals surface area contributed by atoms with Crippen molar-refractivity contribution in [1.82, 2.24) is 9.55 Å². The molecule has 0 radical (unpaired) electrons. The maximum absolute atomic E-state index is 12.3. The number of aryl methyl sites for hydroxylation is 1. The molecule has 0 bridgehead atoms. The molecule has 2 aromatic heterocycles. The number of H-pyrrole nitrogens is 1. The number of nitrogens with zero attached hydrogens (tertiary/aromatic N) is 1. The van der Waals surface area contributed by atoms with Crippen LogP contribution < -0.4 is 10.9 Å². The lowest BCUT2D eigenvalue weighted by atomic mass is 10.1. The number of aromatic nitrogens is 2. The van der Waals surface area contributed by atoms with E-state index in [4.69, 9.17) is 0 Å². The molecule has 5 nitrogen and oxygen atoms in total. The standard InChI is InChI=1S/C17H17N3O2/c1-11-9-16(21)19-15-10-13(5-6-14(11)15)18-17(22)12(2)20-7-3-4-8-20/h3-10,12H,1-2H3,(H,18,22)(H,19,21)/t12-/m0/s1. The van der Waals surface area contributed by atoms with Crippen molar-refractivity contribution in [3.05, 3.63) is 64.7 Å². The number of pyridine rings is 1. The lowest BCUT2D eigenvalue weighted by molar-refractivity contribution is -0.118. The number of hydrogen-bond acceptors (Lipinski definition) is 2. The van der Waals surface area contributed by atoms with Crippen LogP contribution in [0.15, 0.2) is 53.6 Å². The Morgan fingerprint density at radius 2 is 1.95 bits per heavy atom. The molecular weight excluding hydrogens is 278 g/mol. The van der Waals surface area contributed by atoms with Gasteiger partial charge in [0.05, 0.1) is 5.52 Å². The molecule has 2 heterocycles. The number of carbonyl (C=O) groups is 1. The quantitative estimate of drug-likeness (QED) is 0.780. The van der Waals surface area contributed by atoms with Gasteiger partial charge in [0, 0.05) is 29.5 Å². The van der Waals surface area contributed by atoms with Crippen LogP contribution in [0.2, 0.25) is 0 Å². The zero-order chi connectivity index (χ0) is 15.7. The minimum absolute atomic E-state index is 0.106. The topological polar surface area (TPSA) is 66.9 Å². The van der Waals surface area contributed by atoms with E-state index >= 15 is 0 Å². The van der Waals surface area contributed by atoms with Gasteiger partial charge in [-0.15, -0.1) is 0 Å². The van der Waals surface area contributed by atoms with Crippen LogP contribution in [0.1, 0.15) is 18.5 Å². The van der Waals surface area contributed by atoms with Crippen molar-refractivity contribution in [3.63, 3.8) is 0 Å². The van der Waals surface area contributed by atoms with Crippen LogP contribution in [0.25, 0.3) is 10.9 Å². The lowest BCUT2D eigenvalue weighted by Gasteiger charge is -2.14. The molecule has 112 valence electrons. The first-order valence-electron chi connectivity index (χ1n) is 7.11. The van der Waals surface area contributed by atoms with Crippen molar-refractivity contribution in [2.24, 2.45) is 0 Å². The van der Waals surface area contributed by atoms with Gasteiger partial charge in [0.25, 0.3) is 0 Å². The Balaban J connectivity index is 1.88. The smallest absolute Gasteiger partial charge is 0.248 e. The number of benzene rings is 1. The minimum Gasteiger partial charge on any atom is -0.342 e. The third kappa shape index (κ3) is 2.65. The predicted octanol–water partition coefficient (Wildman–Crippen LogP) is 2.84. The molecule has 1 amide bonds. The molecule has 5 heteroatoms. The summed E-state index contributed by atoms with van der Waals surface area (Å²) in [7, 11) is 0. The molecule has 1 aromatic carbocycles. The van der Waals surface area contributed by atoms with Crippen molar-refractivity contribution >= 4 is 22.5 Å². The van der Waals surface area contributed by atoms with E-state index in [1.807, 2.05) is 55.1 Å². The Labute approximate surface area is 127 Å². The zero-order valence-electron chi connectivity index (χ0n) is 12.5. The van der Waals surface area contributed by atoms with Crippen LogP contribution in [0.4, 0.5) is 5.69 Å². The van der Waals surface area contributed by atoms with Crippen molar-refractivity contribution in [1.29, 1.82) is 0 Å². The van der Waals surface area contributed by atoms with Gasteiger partial charge in [-0.2, -0.15) is 0 Å². The van der Waals surface area contributed by atoms with Crippen LogP contribution >= 0.6 is 0 Å². The highest BCUT2D eigenvalue weighted by atomic mass is 16.2. The van der Waals surface area contributed by atoms with E-state index < -0.39 is 0 Å². The summed E-state index contributed by atoms with van der Waals surface area (Å²) in [5.74, 6) is -0.106. The molecule has 1 atom stereocenters. The molecule has 0 spiro atoms. The fraction of sp³-hybridized carbons (Fsp3) is 0.176. The van der Waals surface area contributed by atoms with Crippen LogP contribution in [0, 0.1) is 6.92 Å². The molecule has 2 N–H and O–H groups in total. The number of nitrogens with one attached hydrogen (secondary N) is 2. The van der Waals surface area contributed by atoms with Gasteiger partial charge < -0.3 is 14.9 Å². The number of hydrogen-bond donors (Lipinski definition) is 2. The van der Waals surface area contributed by atoms with Gasteiger partial charge in [-0.1, -0.05) is 6.07 Å². The Hall–Kier alpha value is -2.82. The fourth-order valence-electron chi connectivity index (χ4n) is 2.50. The molecule has 0 fully saturated rings. The second kappa shape index (κ2) is 5.52.